The van der Waals surface area contributed by atoms with Gasteiger partial charge in [-0.25, -0.2) is 0 Å². The van der Waals surface area contributed by atoms with Crippen molar-refractivity contribution in [3.63, 3.8) is 0 Å². The molecule has 0 heterocycles. The highest BCUT2D eigenvalue weighted by Crippen LogP contribution is 2.42. The maximum Gasteiger partial charge on any atom is 0.123 e. The van der Waals surface area contributed by atoms with Gasteiger partial charge in [-0.15, -0.1) is 0 Å². The molecule has 0 bridgehead atoms. The predicted molar refractivity (Wildman–Crippen MR) is 74.7 cm³/mol. The molecule has 20 heavy (non-hydrogen) atoms. The van der Waals surface area contributed by atoms with Crippen molar-refractivity contribution in [2.75, 3.05) is 0 Å². The van der Waals surface area contributed by atoms with Crippen molar-refractivity contribution in [1.82, 2.24) is 0 Å². The van der Waals surface area contributed by atoms with Crippen molar-refractivity contribution < 1.29 is 10.2 Å². The average Bonchev–Trinajstić information content (AvgIpc) is 2.44. The number of halogens is 2. The number of nitrogens with zero attached hydrogens (tertiary/aromatic N) is 2. The lowest BCUT2D eigenvalue weighted by atomic mass is 9.95. The number of phenolic OH excluding ortho intramolecular Hbond substituents is 2. The molecule has 2 aromatic carbocycles. The molecule has 0 aliphatic rings. The summed E-state index contributed by atoms with van der Waals surface area (Å²) in [7, 11) is 0. The van der Waals surface area contributed by atoms with Gasteiger partial charge in [0.25, 0.3) is 0 Å². The molecule has 2 aromatic rings. The minimum atomic E-state index is -0.188. The minimum absolute atomic E-state index is 0.0113. The molecule has 0 saturated heterocycles. The molecular formula is C14H6Cl2N2O2. The maximum absolute atomic E-state index is 9.88. The Morgan fingerprint density at radius 1 is 1.00 bits per heavy atom. The zero-order valence-corrected chi connectivity index (χ0v) is 11.4. The molecule has 0 fully saturated rings. The van der Waals surface area contributed by atoms with Crippen LogP contribution in [0.15, 0.2) is 24.3 Å². The number of rotatable bonds is 1. The van der Waals surface area contributed by atoms with Crippen molar-refractivity contribution in [3.8, 4) is 34.8 Å². The first-order valence-corrected chi connectivity index (χ1v) is 6.09. The molecule has 0 aromatic heterocycles. The molecule has 0 unspecified atom stereocenters. The summed E-state index contributed by atoms with van der Waals surface area (Å²) in [5, 5.41) is 37.8. The van der Waals surface area contributed by atoms with Gasteiger partial charge in [-0.1, -0.05) is 23.2 Å². The minimum Gasteiger partial charge on any atom is -0.508 e. The van der Waals surface area contributed by atoms with E-state index in [1.54, 1.807) is 0 Å². The number of nitriles is 2. The fourth-order valence-electron chi connectivity index (χ4n) is 1.81. The highest BCUT2D eigenvalue weighted by Gasteiger charge is 2.20. The van der Waals surface area contributed by atoms with Crippen LogP contribution in [-0.2, 0) is 0 Å². The summed E-state index contributed by atoms with van der Waals surface area (Å²) in [6, 6.07) is 8.79. The molecular weight excluding hydrogens is 299 g/mol. The number of hydrogen-bond acceptors (Lipinski definition) is 4. The fourth-order valence-corrected chi connectivity index (χ4v) is 2.26. The quantitative estimate of drug-likeness (QED) is 0.784. The second-order valence-electron chi connectivity index (χ2n) is 3.89. The van der Waals surface area contributed by atoms with E-state index in [1.807, 2.05) is 12.1 Å². The average molecular weight is 305 g/mol. The van der Waals surface area contributed by atoms with Crippen LogP contribution in [0.4, 0.5) is 0 Å². The van der Waals surface area contributed by atoms with Gasteiger partial charge in [-0.2, -0.15) is 10.5 Å². The first kappa shape index (κ1) is 14.0. The third kappa shape index (κ3) is 2.23. The molecule has 2 rings (SSSR count). The van der Waals surface area contributed by atoms with Crippen LogP contribution in [0, 0.1) is 22.7 Å². The normalized spacial score (nSPS) is 9.80. The monoisotopic (exact) mass is 304 g/mol. The van der Waals surface area contributed by atoms with Crippen LogP contribution in [0.25, 0.3) is 11.1 Å². The van der Waals surface area contributed by atoms with Gasteiger partial charge >= 0.3 is 0 Å². The van der Waals surface area contributed by atoms with Crippen LogP contribution in [-0.4, -0.2) is 10.2 Å². The molecule has 0 amide bonds. The van der Waals surface area contributed by atoms with Gasteiger partial charge in [0.15, 0.2) is 0 Å². The molecule has 0 radical (unpaired) electrons. The van der Waals surface area contributed by atoms with Crippen molar-refractivity contribution >= 4 is 23.2 Å². The van der Waals surface area contributed by atoms with Crippen LogP contribution in [0.2, 0.25) is 10.0 Å². The van der Waals surface area contributed by atoms with Gasteiger partial charge in [-0.3, -0.25) is 0 Å². The lowest BCUT2D eigenvalue weighted by Gasteiger charge is -2.12. The van der Waals surface area contributed by atoms with Crippen molar-refractivity contribution in [2.24, 2.45) is 0 Å². The summed E-state index contributed by atoms with van der Waals surface area (Å²) >= 11 is 12.0. The Labute approximate surface area is 124 Å². The second-order valence-corrected chi connectivity index (χ2v) is 4.68. The van der Waals surface area contributed by atoms with Gasteiger partial charge in [-0.05, 0) is 24.3 Å². The Kier molecular flexibility index (Phi) is 3.72. The number of aromatic hydroxyl groups is 2. The van der Waals surface area contributed by atoms with E-state index < -0.39 is 0 Å². The summed E-state index contributed by atoms with van der Waals surface area (Å²) in [5.74, 6) is -0.302. The zero-order chi connectivity index (χ0) is 14.9. The second kappa shape index (κ2) is 5.30. The molecule has 4 nitrogen and oxygen atoms in total. The summed E-state index contributed by atoms with van der Waals surface area (Å²) in [4.78, 5) is 0. The topological polar surface area (TPSA) is 88.0 Å². The van der Waals surface area contributed by atoms with Gasteiger partial charge in [0.1, 0.15) is 23.6 Å². The Morgan fingerprint density at radius 2 is 1.70 bits per heavy atom. The Hall–Kier alpha value is -2.40. The van der Waals surface area contributed by atoms with E-state index in [-0.39, 0.29) is 43.8 Å². The van der Waals surface area contributed by atoms with Crippen LogP contribution in [0.1, 0.15) is 11.1 Å². The SMILES string of the molecule is N#Cc1cc(Cl)c(Cl)c(-c2cc(O)ccc2O)c1C#N. The van der Waals surface area contributed by atoms with Crippen molar-refractivity contribution in [3.05, 3.63) is 45.4 Å². The smallest absolute Gasteiger partial charge is 0.123 e. The first-order valence-electron chi connectivity index (χ1n) is 5.34. The summed E-state index contributed by atoms with van der Waals surface area (Å²) in [5.41, 5.74) is 0.277. The Morgan fingerprint density at radius 3 is 2.30 bits per heavy atom. The van der Waals surface area contributed by atoms with Crippen LogP contribution < -0.4 is 0 Å². The Bertz CT molecular complexity index is 789. The highest BCUT2D eigenvalue weighted by molar-refractivity contribution is 6.44. The molecule has 98 valence electrons. The third-order valence-corrected chi connectivity index (χ3v) is 3.49. The van der Waals surface area contributed by atoms with E-state index in [1.165, 1.54) is 24.3 Å². The van der Waals surface area contributed by atoms with E-state index in [2.05, 4.69) is 0 Å². The van der Waals surface area contributed by atoms with Crippen LogP contribution >= 0.6 is 23.2 Å². The third-order valence-electron chi connectivity index (χ3n) is 2.70. The molecule has 6 heteroatoms. The van der Waals surface area contributed by atoms with Crippen LogP contribution in [0.3, 0.4) is 0 Å². The molecule has 0 spiro atoms. The molecule has 0 aliphatic carbocycles. The van der Waals surface area contributed by atoms with E-state index in [0.717, 1.165) is 0 Å². The number of hydrogen-bond donors (Lipinski definition) is 2. The van der Waals surface area contributed by atoms with Crippen LogP contribution in [0.5, 0.6) is 11.5 Å². The van der Waals surface area contributed by atoms with Gasteiger partial charge < -0.3 is 10.2 Å². The molecule has 0 aliphatic heterocycles. The standard InChI is InChI=1S/C14H6Cl2N2O2/c15-11-3-7(5-17)10(6-18)13(14(11)16)9-4-8(19)1-2-12(9)20/h1-4,19-20H. The number of benzene rings is 2. The lowest BCUT2D eigenvalue weighted by molar-refractivity contribution is 0.462. The fraction of sp³-hybridized carbons (Fsp3) is 0. The van der Waals surface area contributed by atoms with Gasteiger partial charge in [0.05, 0.1) is 21.2 Å². The van der Waals surface area contributed by atoms with Gasteiger partial charge in [0.2, 0.25) is 0 Å². The largest absolute Gasteiger partial charge is 0.508 e. The van der Waals surface area contributed by atoms with E-state index in [0.29, 0.717) is 0 Å². The summed E-state index contributed by atoms with van der Waals surface area (Å²) < 4.78 is 0. The summed E-state index contributed by atoms with van der Waals surface area (Å²) in [6.45, 7) is 0. The van der Waals surface area contributed by atoms with E-state index in [4.69, 9.17) is 28.5 Å². The van der Waals surface area contributed by atoms with E-state index >= 15 is 0 Å². The summed E-state index contributed by atoms with van der Waals surface area (Å²) in [6.07, 6.45) is 0. The molecule has 0 saturated carbocycles. The molecule has 0 atom stereocenters. The molecule has 2 N–H and O–H groups in total. The van der Waals surface area contributed by atoms with Crippen molar-refractivity contribution in [1.29, 1.82) is 10.5 Å². The first-order chi connectivity index (χ1) is 9.49. The highest BCUT2D eigenvalue weighted by atomic mass is 35.5. The zero-order valence-electron chi connectivity index (χ0n) is 9.85. The number of phenols is 2. The van der Waals surface area contributed by atoms with Crippen molar-refractivity contribution in [2.45, 2.75) is 0 Å². The Balaban J connectivity index is 2.94. The van der Waals surface area contributed by atoms with E-state index in [9.17, 15) is 15.5 Å². The predicted octanol–water partition coefficient (Wildman–Crippen LogP) is 3.81. The lowest BCUT2D eigenvalue weighted by Crippen LogP contribution is -1.93. The maximum atomic E-state index is 9.88. The van der Waals surface area contributed by atoms with Gasteiger partial charge in [0, 0.05) is 11.1 Å².